The van der Waals surface area contributed by atoms with Crippen LogP contribution in [0.15, 0.2) is 0 Å². The molecule has 0 fully saturated rings. The van der Waals surface area contributed by atoms with Crippen LogP contribution >= 0.6 is 46.4 Å². The van der Waals surface area contributed by atoms with E-state index >= 15 is 0 Å². The van der Waals surface area contributed by atoms with Gasteiger partial charge in [0.05, 0.1) is 0 Å². The third kappa shape index (κ3) is 19.3. The molecule has 4 nitrogen and oxygen atoms in total. The van der Waals surface area contributed by atoms with Crippen LogP contribution in [-0.4, -0.2) is 31.8 Å². The van der Waals surface area contributed by atoms with E-state index in [1.807, 2.05) is 0 Å². The summed E-state index contributed by atoms with van der Waals surface area (Å²) in [5.74, 6) is -2.42. The van der Waals surface area contributed by atoms with E-state index in [-0.39, 0.29) is 20.4 Å². The molecule has 79 valence electrons. The third-order valence-electron chi connectivity index (χ3n) is 0.373. The fraction of sp³-hybridized carbons (Fsp3) is 0.500. The fourth-order valence-electron chi connectivity index (χ4n) is 0. The average molecular weight is 444 g/mol. The Kier molecular flexibility index (Phi) is 16.1. The second kappa shape index (κ2) is 10.8. The molecule has 0 saturated heterocycles. The van der Waals surface area contributed by atoms with E-state index < -0.39 is 21.6 Å². The minimum Gasteiger partial charge on any atom is -0.479 e. The van der Waals surface area contributed by atoms with Gasteiger partial charge in [-0.3, -0.25) is 0 Å². The molecule has 0 atom stereocenters. The Balaban J connectivity index is -0.000000143. The van der Waals surface area contributed by atoms with Gasteiger partial charge in [-0.2, -0.15) is 0 Å². The van der Waals surface area contributed by atoms with Crippen LogP contribution in [0.25, 0.3) is 0 Å². The summed E-state index contributed by atoms with van der Waals surface area (Å²) < 4.78 is 0. The fourth-order valence-corrected chi connectivity index (χ4v) is 0. The number of hydrogen-bond donors (Lipinski definition) is 2. The van der Waals surface area contributed by atoms with E-state index in [9.17, 15) is 9.59 Å². The summed E-state index contributed by atoms with van der Waals surface area (Å²) in [7, 11) is 0. The molecule has 0 aliphatic carbocycles. The van der Waals surface area contributed by atoms with Gasteiger partial charge in [0.1, 0.15) is 0 Å². The number of rotatable bonds is 2. The van der Waals surface area contributed by atoms with Crippen LogP contribution in [0.4, 0.5) is 0 Å². The zero-order valence-electron chi connectivity index (χ0n) is 5.76. The van der Waals surface area contributed by atoms with Crippen LogP contribution in [0, 0.1) is 0 Å². The largest absolute Gasteiger partial charge is 0.479 e. The van der Waals surface area contributed by atoms with Crippen molar-refractivity contribution in [1.29, 1.82) is 0 Å². The van der Waals surface area contributed by atoms with Crippen molar-refractivity contribution in [3.63, 3.8) is 0 Å². The van der Waals surface area contributed by atoms with Gasteiger partial charge in [0.15, 0.2) is 0 Å². The molecule has 1 radical (unpaired) electrons. The summed E-state index contributed by atoms with van der Waals surface area (Å²) in [5.41, 5.74) is 0. The van der Waals surface area contributed by atoms with Crippen molar-refractivity contribution in [2.75, 3.05) is 0 Å². The van der Waals surface area contributed by atoms with Crippen molar-refractivity contribution >= 4 is 58.3 Å². The topological polar surface area (TPSA) is 74.6 Å². The minimum absolute atomic E-state index is 0. The maximum Gasteiger partial charge on any atom is 0.337 e. The number of carboxylic acid groups (broad SMARTS) is 2. The van der Waals surface area contributed by atoms with E-state index in [0.717, 1.165) is 0 Å². The number of halogens is 4. The normalized spacial score (nSPS) is 8.46. The summed E-state index contributed by atoms with van der Waals surface area (Å²) in [6, 6.07) is 0. The first-order chi connectivity index (χ1) is 5.29. The van der Waals surface area contributed by atoms with Gasteiger partial charge in [-0.15, -0.1) is 0 Å². The first-order valence-electron chi connectivity index (χ1n) is 2.31. The summed E-state index contributed by atoms with van der Waals surface area (Å²) in [6.07, 6.45) is 0. The molecule has 0 spiro atoms. The van der Waals surface area contributed by atoms with E-state index in [1.165, 1.54) is 0 Å². The summed E-state index contributed by atoms with van der Waals surface area (Å²) in [5, 5.41) is 15.5. The van der Waals surface area contributed by atoms with Crippen LogP contribution < -0.4 is 0 Å². The summed E-state index contributed by atoms with van der Waals surface area (Å²) >= 11 is 19.1. The van der Waals surface area contributed by atoms with Crippen LogP contribution in [0.5, 0.6) is 0 Å². The van der Waals surface area contributed by atoms with Gasteiger partial charge in [-0.05, 0) is 0 Å². The smallest absolute Gasteiger partial charge is 0.337 e. The molecule has 0 aliphatic rings. The van der Waals surface area contributed by atoms with Crippen molar-refractivity contribution in [2.45, 2.75) is 9.67 Å². The number of hydrogen-bond acceptors (Lipinski definition) is 2. The molecule has 0 aromatic rings. The Morgan fingerprint density at radius 2 is 0.923 bits per heavy atom. The number of aliphatic carboxylic acids is 2. The molecular weight excluding hydrogens is 440 g/mol. The predicted molar refractivity (Wildman–Crippen MR) is 46.3 cm³/mol. The van der Waals surface area contributed by atoms with Gasteiger partial charge in [0.25, 0.3) is 0 Å². The summed E-state index contributed by atoms with van der Waals surface area (Å²) in [6.45, 7) is 0. The molecule has 0 amide bonds. The second-order valence-corrected chi connectivity index (χ2v) is 3.47. The van der Waals surface area contributed by atoms with Gasteiger partial charge in [-0.1, -0.05) is 46.4 Å². The molecule has 0 aromatic carbocycles. The molecule has 13 heavy (non-hydrogen) atoms. The number of alkyl halides is 4. The van der Waals surface area contributed by atoms with E-state index in [0.29, 0.717) is 0 Å². The number of carboxylic acids is 2. The molecule has 0 saturated carbocycles. The molecule has 2 N–H and O–H groups in total. The molecule has 0 aliphatic heterocycles. The Hall–Kier alpha value is 0.762. The van der Waals surface area contributed by atoms with Gasteiger partial charge >= 0.3 is 11.9 Å². The van der Waals surface area contributed by atoms with Crippen molar-refractivity contribution in [3.8, 4) is 0 Å². The van der Waals surface area contributed by atoms with Crippen molar-refractivity contribution in [2.24, 2.45) is 0 Å². The third-order valence-corrected chi connectivity index (χ3v) is 1.12. The minimum atomic E-state index is -1.29. The standard InChI is InChI=1S/2C2H2Cl2O2.Re/c2*3-1(4)2(5)6;/h2*1H,(H,5,6);. The Bertz CT molecular complexity index is 144. The molecule has 0 bridgehead atoms. The zero-order valence-corrected chi connectivity index (χ0v) is 11.5. The Morgan fingerprint density at radius 1 is 0.846 bits per heavy atom. The monoisotopic (exact) mass is 443 g/mol. The Morgan fingerprint density at radius 3 is 0.923 bits per heavy atom. The maximum atomic E-state index is 9.44. The molecule has 9 heteroatoms. The molecule has 0 aromatic heterocycles. The van der Waals surface area contributed by atoms with Gasteiger partial charge in [0, 0.05) is 20.4 Å². The van der Waals surface area contributed by atoms with Gasteiger partial charge in [-0.25, -0.2) is 9.59 Å². The SMILES string of the molecule is O=C(O)C(Cl)Cl.O=C(O)C(Cl)Cl.[Re]. The van der Waals surface area contributed by atoms with Crippen molar-refractivity contribution in [1.82, 2.24) is 0 Å². The first kappa shape index (κ1) is 19.4. The van der Waals surface area contributed by atoms with E-state index in [2.05, 4.69) is 0 Å². The van der Waals surface area contributed by atoms with Crippen molar-refractivity contribution < 1.29 is 40.2 Å². The number of carbonyl (C=O) groups is 2. The Labute approximate surface area is 108 Å². The van der Waals surface area contributed by atoms with Gasteiger partial charge < -0.3 is 10.2 Å². The molecule has 0 unspecified atom stereocenters. The maximum absolute atomic E-state index is 9.44. The molecular formula is C4H4Cl4O4Re. The quantitative estimate of drug-likeness (QED) is 0.637. The van der Waals surface area contributed by atoms with Crippen LogP contribution in [-0.2, 0) is 30.0 Å². The average Bonchev–Trinajstić information content (AvgIpc) is 1.88. The second-order valence-electron chi connectivity index (χ2n) is 1.28. The van der Waals surface area contributed by atoms with E-state index in [1.54, 1.807) is 0 Å². The van der Waals surface area contributed by atoms with Gasteiger partial charge in [0.2, 0.25) is 9.67 Å². The van der Waals surface area contributed by atoms with E-state index in [4.69, 9.17) is 56.6 Å². The zero-order chi connectivity index (χ0) is 10.3. The first-order valence-corrected chi connectivity index (χ1v) is 4.05. The van der Waals surface area contributed by atoms with Crippen molar-refractivity contribution in [3.05, 3.63) is 0 Å². The predicted octanol–water partition coefficient (Wildman–Crippen LogP) is 1.75. The molecule has 0 rings (SSSR count). The van der Waals surface area contributed by atoms with Crippen LogP contribution in [0.1, 0.15) is 0 Å². The summed E-state index contributed by atoms with van der Waals surface area (Å²) in [4.78, 5) is 16.3. The van der Waals surface area contributed by atoms with Crippen LogP contribution in [0.2, 0.25) is 0 Å². The van der Waals surface area contributed by atoms with Crippen LogP contribution in [0.3, 0.4) is 0 Å². The molecule has 0 heterocycles.